The van der Waals surface area contributed by atoms with Gasteiger partial charge in [-0.1, -0.05) is 27.2 Å². The van der Waals surface area contributed by atoms with Gasteiger partial charge in [0, 0.05) is 41.9 Å². The molecule has 1 N–H and O–H groups in total. The summed E-state index contributed by atoms with van der Waals surface area (Å²) in [7, 11) is 1.84. The highest BCUT2D eigenvalue weighted by atomic mass is 32.2. The molecule has 0 aliphatic carbocycles. The normalized spacial score (nSPS) is 22.2. The molecule has 1 aromatic heterocycles. The number of amides is 1. The van der Waals surface area contributed by atoms with Crippen LogP contribution in [-0.4, -0.2) is 46.4 Å². The third-order valence-electron chi connectivity index (χ3n) is 3.59. The molecule has 2 heterocycles. The first kappa shape index (κ1) is 16.1. The molecule has 1 aliphatic rings. The summed E-state index contributed by atoms with van der Waals surface area (Å²) in [6, 6.07) is 3.81. The summed E-state index contributed by atoms with van der Waals surface area (Å²) in [6.07, 6.45) is 1.93. The van der Waals surface area contributed by atoms with Crippen molar-refractivity contribution in [3.63, 3.8) is 0 Å². The molecule has 5 heteroatoms. The Morgan fingerprint density at radius 2 is 2.05 bits per heavy atom. The van der Waals surface area contributed by atoms with Crippen molar-refractivity contribution in [3.8, 4) is 0 Å². The molecule has 1 saturated heterocycles. The van der Waals surface area contributed by atoms with Gasteiger partial charge in [0.25, 0.3) is 5.91 Å². The van der Waals surface area contributed by atoms with E-state index in [1.54, 1.807) is 0 Å². The van der Waals surface area contributed by atoms with Crippen LogP contribution in [0.5, 0.6) is 0 Å². The molecule has 2 unspecified atom stereocenters. The molecule has 0 bridgehead atoms. The van der Waals surface area contributed by atoms with Crippen LogP contribution in [0.1, 0.15) is 43.2 Å². The average Bonchev–Trinajstić information content (AvgIpc) is 2.45. The minimum absolute atomic E-state index is 0.130. The summed E-state index contributed by atoms with van der Waals surface area (Å²) < 4.78 is 0. The summed E-state index contributed by atoms with van der Waals surface area (Å²) >= 11 is 1.96. The highest BCUT2D eigenvalue weighted by molar-refractivity contribution is 8.00. The Morgan fingerprint density at radius 3 is 2.62 bits per heavy atom. The number of thioether (sulfide) groups is 1. The quantitative estimate of drug-likeness (QED) is 0.928. The number of carbonyl (C=O) groups excluding carboxylic acids is 1. The first-order valence-corrected chi connectivity index (χ1v) is 8.61. The molecular formula is C16H25N3OS. The highest BCUT2D eigenvalue weighted by Crippen LogP contribution is 2.26. The SMILES string of the molecule is CCCc1cc(C(=O)N2CC(C)SC(C)C2)cc(NC)n1. The second kappa shape index (κ2) is 7.16. The van der Waals surface area contributed by atoms with E-state index in [-0.39, 0.29) is 5.91 Å². The predicted molar refractivity (Wildman–Crippen MR) is 90.2 cm³/mol. The van der Waals surface area contributed by atoms with E-state index in [1.807, 2.05) is 35.8 Å². The molecular weight excluding hydrogens is 282 g/mol. The van der Waals surface area contributed by atoms with Crippen LogP contribution in [0.2, 0.25) is 0 Å². The zero-order chi connectivity index (χ0) is 15.4. The van der Waals surface area contributed by atoms with Crippen molar-refractivity contribution < 1.29 is 4.79 Å². The maximum atomic E-state index is 12.8. The number of nitrogens with one attached hydrogen (secondary N) is 1. The van der Waals surface area contributed by atoms with E-state index in [0.29, 0.717) is 10.5 Å². The van der Waals surface area contributed by atoms with Gasteiger partial charge in [0.1, 0.15) is 5.82 Å². The summed E-state index contributed by atoms with van der Waals surface area (Å²) in [6.45, 7) is 8.16. The zero-order valence-corrected chi connectivity index (χ0v) is 14.2. The molecule has 1 fully saturated rings. The lowest BCUT2D eigenvalue weighted by Crippen LogP contribution is -2.44. The fourth-order valence-corrected chi connectivity index (χ4v) is 4.07. The summed E-state index contributed by atoms with van der Waals surface area (Å²) in [5.41, 5.74) is 1.74. The van der Waals surface area contributed by atoms with Gasteiger partial charge >= 0.3 is 0 Å². The lowest BCUT2D eigenvalue weighted by atomic mass is 10.1. The minimum atomic E-state index is 0.130. The van der Waals surface area contributed by atoms with E-state index in [4.69, 9.17) is 0 Å². The summed E-state index contributed by atoms with van der Waals surface area (Å²) in [4.78, 5) is 19.3. The standard InChI is InChI=1S/C16H25N3OS/c1-5-6-14-7-13(8-15(17-4)18-14)16(20)19-9-11(2)21-12(3)10-19/h7-8,11-12H,5-6,9-10H2,1-4H3,(H,17,18). The van der Waals surface area contributed by atoms with Crippen LogP contribution in [0.4, 0.5) is 5.82 Å². The number of rotatable bonds is 4. The van der Waals surface area contributed by atoms with E-state index < -0.39 is 0 Å². The van der Waals surface area contributed by atoms with Crippen molar-refractivity contribution in [1.29, 1.82) is 0 Å². The van der Waals surface area contributed by atoms with Crippen molar-refractivity contribution in [3.05, 3.63) is 23.4 Å². The van der Waals surface area contributed by atoms with Gasteiger partial charge in [-0.2, -0.15) is 11.8 Å². The number of carbonyl (C=O) groups is 1. The molecule has 2 rings (SSSR count). The number of hydrogen-bond acceptors (Lipinski definition) is 4. The first-order chi connectivity index (χ1) is 10.0. The Labute approximate surface area is 131 Å². The monoisotopic (exact) mass is 307 g/mol. The van der Waals surface area contributed by atoms with Gasteiger partial charge in [-0.25, -0.2) is 4.98 Å². The molecule has 0 spiro atoms. The average molecular weight is 307 g/mol. The Balaban J connectivity index is 2.23. The summed E-state index contributed by atoms with van der Waals surface area (Å²) in [5.74, 6) is 0.905. The van der Waals surface area contributed by atoms with Gasteiger partial charge in [0.05, 0.1) is 0 Å². The van der Waals surface area contributed by atoms with Crippen molar-refractivity contribution in [2.24, 2.45) is 0 Å². The fourth-order valence-electron chi connectivity index (χ4n) is 2.75. The Morgan fingerprint density at radius 1 is 1.38 bits per heavy atom. The zero-order valence-electron chi connectivity index (χ0n) is 13.3. The molecule has 2 atom stereocenters. The highest BCUT2D eigenvalue weighted by Gasteiger charge is 2.27. The van der Waals surface area contributed by atoms with E-state index in [2.05, 4.69) is 31.1 Å². The van der Waals surface area contributed by atoms with Crippen LogP contribution < -0.4 is 5.32 Å². The maximum Gasteiger partial charge on any atom is 0.254 e. The van der Waals surface area contributed by atoms with Gasteiger partial charge in [-0.3, -0.25) is 4.79 Å². The van der Waals surface area contributed by atoms with Crippen LogP contribution in [0.25, 0.3) is 0 Å². The molecule has 4 nitrogen and oxygen atoms in total. The minimum Gasteiger partial charge on any atom is -0.373 e. The topological polar surface area (TPSA) is 45.2 Å². The molecule has 21 heavy (non-hydrogen) atoms. The molecule has 0 radical (unpaired) electrons. The number of pyridine rings is 1. The van der Waals surface area contributed by atoms with Gasteiger partial charge < -0.3 is 10.2 Å². The predicted octanol–water partition coefficient (Wildman–Crippen LogP) is 3.04. The maximum absolute atomic E-state index is 12.8. The Bertz CT molecular complexity index is 496. The third-order valence-corrected chi connectivity index (χ3v) is 4.82. The number of anilines is 1. The van der Waals surface area contributed by atoms with Crippen LogP contribution >= 0.6 is 11.8 Å². The van der Waals surface area contributed by atoms with Crippen LogP contribution in [0, 0.1) is 0 Å². The van der Waals surface area contributed by atoms with Crippen molar-refractivity contribution in [2.75, 3.05) is 25.5 Å². The van der Waals surface area contributed by atoms with E-state index in [0.717, 1.165) is 43.0 Å². The second-order valence-corrected chi connectivity index (χ2v) is 7.58. The number of nitrogens with zero attached hydrogens (tertiary/aromatic N) is 2. The molecule has 0 saturated carbocycles. The molecule has 1 aliphatic heterocycles. The molecule has 116 valence electrons. The van der Waals surface area contributed by atoms with Gasteiger partial charge in [-0.05, 0) is 18.6 Å². The van der Waals surface area contributed by atoms with Gasteiger partial charge in [0.15, 0.2) is 0 Å². The Kier molecular flexibility index (Phi) is 5.51. The van der Waals surface area contributed by atoms with Crippen LogP contribution in [-0.2, 0) is 6.42 Å². The van der Waals surface area contributed by atoms with Crippen LogP contribution in [0.3, 0.4) is 0 Å². The molecule has 1 aromatic rings. The fraction of sp³-hybridized carbons (Fsp3) is 0.625. The summed E-state index contributed by atoms with van der Waals surface area (Å²) in [5, 5.41) is 4.05. The number of hydrogen-bond donors (Lipinski definition) is 1. The van der Waals surface area contributed by atoms with E-state index >= 15 is 0 Å². The molecule has 0 aromatic carbocycles. The van der Waals surface area contributed by atoms with Crippen molar-refractivity contribution in [1.82, 2.24) is 9.88 Å². The second-order valence-electron chi connectivity index (χ2n) is 5.70. The first-order valence-electron chi connectivity index (χ1n) is 7.67. The molecule has 1 amide bonds. The Hall–Kier alpha value is -1.23. The smallest absolute Gasteiger partial charge is 0.254 e. The lowest BCUT2D eigenvalue weighted by Gasteiger charge is -2.34. The van der Waals surface area contributed by atoms with E-state index in [9.17, 15) is 4.79 Å². The van der Waals surface area contributed by atoms with Gasteiger partial charge in [0.2, 0.25) is 0 Å². The van der Waals surface area contributed by atoms with Crippen LogP contribution in [0.15, 0.2) is 12.1 Å². The number of aromatic nitrogens is 1. The van der Waals surface area contributed by atoms with Gasteiger partial charge in [-0.15, -0.1) is 0 Å². The third kappa shape index (κ3) is 4.13. The van der Waals surface area contributed by atoms with E-state index in [1.165, 1.54) is 0 Å². The van der Waals surface area contributed by atoms with Crippen molar-refractivity contribution >= 4 is 23.5 Å². The lowest BCUT2D eigenvalue weighted by molar-refractivity contribution is 0.0753. The largest absolute Gasteiger partial charge is 0.373 e. The van der Waals surface area contributed by atoms with Crippen molar-refractivity contribution in [2.45, 2.75) is 44.1 Å². The number of aryl methyl sites for hydroxylation is 1.